The molecule has 0 aliphatic heterocycles. The lowest BCUT2D eigenvalue weighted by atomic mass is 9.93. The topological polar surface area (TPSA) is 54.5 Å². The normalized spacial score (nSPS) is 12.1. The van der Waals surface area contributed by atoms with E-state index in [9.17, 15) is 13.2 Å². The van der Waals surface area contributed by atoms with E-state index < -0.39 is 10.0 Å². The zero-order chi connectivity index (χ0) is 14.6. The maximum absolute atomic E-state index is 12.1. The van der Waals surface area contributed by atoms with Crippen LogP contribution in [0.3, 0.4) is 0 Å². The quantitative estimate of drug-likeness (QED) is 0.754. The van der Waals surface area contributed by atoms with E-state index in [0.717, 1.165) is 17.1 Å². The van der Waals surface area contributed by atoms with Crippen molar-refractivity contribution in [1.82, 2.24) is 4.31 Å². The SMILES string of the molecule is CCC(CC)C(=O)c1ccc(S(=O)(=O)N(C)C)cc1. The van der Waals surface area contributed by atoms with E-state index in [1.165, 1.54) is 26.2 Å². The fourth-order valence-electron chi connectivity index (χ4n) is 1.90. The van der Waals surface area contributed by atoms with Crippen LogP contribution in [0.1, 0.15) is 37.0 Å². The minimum Gasteiger partial charge on any atom is -0.294 e. The van der Waals surface area contributed by atoms with Crippen molar-refractivity contribution < 1.29 is 13.2 Å². The number of sulfonamides is 1. The standard InChI is InChI=1S/C14H21NO3S/c1-5-11(6-2)14(16)12-7-9-13(10-8-12)19(17,18)15(3)4/h7-11H,5-6H2,1-4H3. The van der Waals surface area contributed by atoms with Gasteiger partial charge in [0, 0.05) is 25.6 Å². The van der Waals surface area contributed by atoms with E-state index in [2.05, 4.69) is 0 Å². The average molecular weight is 283 g/mol. The summed E-state index contributed by atoms with van der Waals surface area (Å²) in [7, 11) is -0.459. The number of Topliss-reactive ketones (excluding diaryl/α,β-unsaturated/α-hetero) is 1. The maximum Gasteiger partial charge on any atom is 0.242 e. The van der Waals surface area contributed by atoms with Crippen LogP contribution in [0.15, 0.2) is 29.2 Å². The number of rotatable bonds is 6. The number of nitrogens with zero attached hydrogens (tertiary/aromatic N) is 1. The van der Waals surface area contributed by atoms with Crippen molar-refractivity contribution in [3.63, 3.8) is 0 Å². The van der Waals surface area contributed by atoms with Gasteiger partial charge in [-0.15, -0.1) is 0 Å². The predicted molar refractivity (Wildman–Crippen MR) is 75.7 cm³/mol. The fourth-order valence-corrected chi connectivity index (χ4v) is 2.80. The highest BCUT2D eigenvalue weighted by molar-refractivity contribution is 7.89. The molecule has 0 saturated heterocycles. The lowest BCUT2D eigenvalue weighted by Gasteiger charge is -2.13. The third-order valence-corrected chi connectivity index (χ3v) is 5.10. The van der Waals surface area contributed by atoms with Crippen molar-refractivity contribution in [2.75, 3.05) is 14.1 Å². The van der Waals surface area contributed by atoms with E-state index >= 15 is 0 Å². The molecule has 0 bridgehead atoms. The third kappa shape index (κ3) is 3.42. The van der Waals surface area contributed by atoms with E-state index in [0.29, 0.717) is 5.56 Å². The molecule has 19 heavy (non-hydrogen) atoms. The van der Waals surface area contributed by atoms with Crippen LogP contribution in [0, 0.1) is 5.92 Å². The summed E-state index contributed by atoms with van der Waals surface area (Å²) in [5, 5.41) is 0. The molecular formula is C14H21NO3S. The van der Waals surface area contributed by atoms with Crippen molar-refractivity contribution in [2.45, 2.75) is 31.6 Å². The first kappa shape index (κ1) is 15.9. The average Bonchev–Trinajstić information content (AvgIpc) is 2.40. The molecule has 0 atom stereocenters. The van der Waals surface area contributed by atoms with E-state index in [1.54, 1.807) is 12.1 Å². The molecule has 0 amide bonds. The molecule has 0 heterocycles. The monoisotopic (exact) mass is 283 g/mol. The molecular weight excluding hydrogens is 262 g/mol. The van der Waals surface area contributed by atoms with Gasteiger partial charge in [-0.3, -0.25) is 4.79 Å². The molecule has 0 N–H and O–H groups in total. The van der Waals surface area contributed by atoms with Crippen molar-refractivity contribution in [2.24, 2.45) is 5.92 Å². The molecule has 5 heteroatoms. The van der Waals surface area contributed by atoms with Crippen LogP contribution in [-0.2, 0) is 10.0 Å². The summed E-state index contributed by atoms with van der Waals surface area (Å²) < 4.78 is 25.0. The first-order chi connectivity index (χ1) is 8.84. The van der Waals surface area contributed by atoms with Gasteiger partial charge in [-0.25, -0.2) is 12.7 Å². The summed E-state index contributed by atoms with van der Waals surface area (Å²) in [6.07, 6.45) is 1.60. The van der Waals surface area contributed by atoms with E-state index in [1.807, 2.05) is 13.8 Å². The summed E-state index contributed by atoms with van der Waals surface area (Å²) in [4.78, 5) is 12.3. The van der Waals surface area contributed by atoms with Crippen LogP contribution in [0.5, 0.6) is 0 Å². The predicted octanol–water partition coefficient (Wildman–Crippen LogP) is 2.56. The molecule has 1 aromatic carbocycles. The Morgan fingerprint density at radius 2 is 1.58 bits per heavy atom. The minimum atomic E-state index is -3.43. The third-order valence-electron chi connectivity index (χ3n) is 3.27. The van der Waals surface area contributed by atoms with Crippen LogP contribution >= 0.6 is 0 Å². The Bertz CT molecular complexity index is 528. The molecule has 1 aromatic rings. The number of hydrogen-bond acceptors (Lipinski definition) is 3. The number of carbonyl (C=O) groups excluding carboxylic acids is 1. The van der Waals surface area contributed by atoms with Crippen molar-refractivity contribution in [3.05, 3.63) is 29.8 Å². The second-order valence-corrected chi connectivity index (χ2v) is 6.84. The molecule has 0 radical (unpaired) electrons. The van der Waals surface area contributed by atoms with Crippen molar-refractivity contribution in [3.8, 4) is 0 Å². The van der Waals surface area contributed by atoms with Gasteiger partial charge < -0.3 is 0 Å². The molecule has 0 saturated carbocycles. The Hall–Kier alpha value is -1.20. The van der Waals surface area contributed by atoms with E-state index in [4.69, 9.17) is 0 Å². The zero-order valence-corrected chi connectivity index (χ0v) is 12.7. The van der Waals surface area contributed by atoms with Crippen molar-refractivity contribution >= 4 is 15.8 Å². The molecule has 0 fully saturated rings. The molecule has 0 aromatic heterocycles. The molecule has 0 spiro atoms. The molecule has 106 valence electrons. The number of benzene rings is 1. The van der Waals surface area contributed by atoms with Crippen molar-refractivity contribution in [1.29, 1.82) is 0 Å². The Kier molecular flexibility index (Phi) is 5.26. The molecule has 0 unspecified atom stereocenters. The second-order valence-electron chi connectivity index (χ2n) is 4.69. The van der Waals surface area contributed by atoms with E-state index in [-0.39, 0.29) is 16.6 Å². The van der Waals surface area contributed by atoms with Crippen LogP contribution in [-0.4, -0.2) is 32.6 Å². The van der Waals surface area contributed by atoms with Gasteiger partial charge in [0.1, 0.15) is 0 Å². The van der Waals surface area contributed by atoms with Gasteiger partial charge in [0.2, 0.25) is 10.0 Å². The zero-order valence-electron chi connectivity index (χ0n) is 11.9. The molecule has 1 rings (SSSR count). The Labute approximate surface area is 115 Å². The number of ketones is 1. The van der Waals surface area contributed by atoms with Gasteiger partial charge in [0.05, 0.1) is 4.90 Å². The summed E-state index contributed by atoms with van der Waals surface area (Å²) in [5.41, 5.74) is 0.575. The highest BCUT2D eigenvalue weighted by atomic mass is 32.2. The molecule has 0 aliphatic carbocycles. The highest BCUT2D eigenvalue weighted by Crippen LogP contribution is 2.19. The number of carbonyl (C=O) groups is 1. The Morgan fingerprint density at radius 1 is 1.11 bits per heavy atom. The van der Waals surface area contributed by atoms with Crippen LogP contribution in [0.4, 0.5) is 0 Å². The summed E-state index contributed by atoms with van der Waals surface area (Å²) in [6.45, 7) is 3.97. The van der Waals surface area contributed by atoms with Gasteiger partial charge in [-0.2, -0.15) is 0 Å². The fraction of sp³-hybridized carbons (Fsp3) is 0.500. The van der Waals surface area contributed by atoms with Crippen LogP contribution < -0.4 is 0 Å². The van der Waals surface area contributed by atoms with Gasteiger partial charge >= 0.3 is 0 Å². The smallest absolute Gasteiger partial charge is 0.242 e. The van der Waals surface area contributed by atoms with Gasteiger partial charge in [0.25, 0.3) is 0 Å². The first-order valence-corrected chi connectivity index (χ1v) is 7.85. The summed E-state index contributed by atoms with van der Waals surface area (Å²) in [6, 6.07) is 6.17. The van der Waals surface area contributed by atoms with Crippen LogP contribution in [0.25, 0.3) is 0 Å². The molecule has 4 nitrogen and oxygen atoms in total. The lowest BCUT2D eigenvalue weighted by Crippen LogP contribution is -2.22. The second kappa shape index (κ2) is 6.30. The summed E-state index contributed by atoms with van der Waals surface area (Å²) in [5.74, 6) is 0.0927. The largest absolute Gasteiger partial charge is 0.294 e. The minimum absolute atomic E-state index is 0.0105. The molecule has 0 aliphatic rings. The van der Waals surface area contributed by atoms with Gasteiger partial charge in [-0.05, 0) is 25.0 Å². The lowest BCUT2D eigenvalue weighted by molar-refractivity contribution is 0.0913. The first-order valence-electron chi connectivity index (χ1n) is 6.41. The maximum atomic E-state index is 12.1. The Balaban J connectivity index is 3.04. The van der Waals surface area contributed by atoms with Crippen LogP contribution in [0.2, 0.25) is 0 Å². The Morgan fingerprint density at radius 3 is 1.95 bits per heavy atom. The van der Waals surface area contributed by atoms with Gasteiger partial charge in [-0.1, -0.05) is 26.0 Å². The van der Waals surface area contributed by atoms with Gasteiger partial charge in [0.15, 0.2) is 5.78 Å². The summed E-state index contributed by atoms with van der Waals surface area (Å²) >= 11 is 0. The number of hydrogen-bond donors (Lipinski definition) is 0. The highest BCUT2D eigenvalue weighted by Gasteiger charge is 2.19.